The third-order valence-corrected chi connectivity index (χ3v) is 3.21. The van der Waals surface area contributed by atoms with E-state index in [9.17, 15) is 26.3 Å². The Morgan fingerprint density at radius 3 is 1.79 bits per heavy atom. The Kier molecular flexibility index (Phi) is 9.50. The molecule has 0 aromatic carbocycles. The van der Waals surface area contributed by atoms with Crippen LogP contribution in [0, 0.1) is 18.3 Å². The molecule has 19 heavy (non-hydrogen) atoms. The third-order valence-electron chi connectivity index (χ3n) is 3.21. The van der Waals surface area contributed by atoms with Crippen molar-refractivity contribution in [2.45, 2.75) is 50.9 Å². The fourth-order valence-corrected chi connectivity index (χ4v) is 2.20. The van der Waals surface area contributed by atoms with Gasteiger partial charge < -0.3 is 6.42 Å². The van der Waals surface area contributed by atoms with Crippen LogP contribution in [-0.2, 0) is 14.8 Å². The molecule has 0 unspecified atom stereocenters. The number of hydrogen-bond donors (Lipinski definition) is 0. The van der Waals surface area contributed by atoms with Crippen molar-refractivity contribution in [2.24, 2.45) is 11.8 Å². The molecule has 0 radical (unpaired) electrons. The van der Waals surface area contributed by atoms with Crippen LogP contribution >= 0.6 is 19.8 Å². The molecule has 1 rings (SSSR count). The summed E-state index contributed by atoms with van der Waals surface area (Å²) >= 11 is 3.62. The van der Waals surface area contributed by atoms with Crippen LogP contribution in [0.25, 0.3) is 0 Å². The molecular weight excluding hydrogens is 438 g/mol. The minimum atomic E-state index is -5.18. The van der Waals surface area contributed by atoms with E-state index in [1.54, 1.807) is 0 Å². The summed E-state index contributed by atoms with van der Waals surface area (Å²) < 4.78 is 73.5. The first-order chi connectivity index (χ1) is 8.71. The van der Waals surface area contributed by atoms with Crippen LogP contribution in [0.15, 0.2) is 0 Å². The van der Waals surface area contributed by atoms with Crippen molar-refractivity contribution in [1.82, 2.24) is 0 Å². The molecule has 0 bridgehead atoms. The van der Waals surface area contributed by atoms with E-state index in [0.29, 0.717) is 12.8 Å². The van der Waals surface area contributed by atoms with Gasteiger partial charge in [0.25, 0.3) is 0 Å². The van der Waals surface area contributed by atoms with E-state index in [0.717, 1.165) is 12.8 Å². The summed E-state index contributed by atoms with van der Waals surface area (Å²) in [4.78, 5) is 0. The van der Waals surface area contributed by atoms with Gasteiger partial charge in [0.05, 0.1) is 0 Å². The Morgan fingerprint density at radius 1 is 1.00 bits per heavy atom. The molecule has 1 fully saturated rings. The van der Waals surface area contributed by atoms with Crippen molar-refractivity contribution in [1.29, 1.82) is 0 Å². The quantitative estimate of drug-likeness (QED) is 0.220. The van der Waals surface area contributed by atoms with Gasteiger partial charge in [-0.05, 0) is 18.8 Å². The first kappa shape index (κ1) is 19.9. The van der Waals surface area contributed by atoms with Crippen molar-refractivity contribution < 1.29 is 41.1 Å². The molecule has 0 spiro atoms. The molecule has 0 N–H and O–H groups in total. The molecule has 1 aliphatic rings. The predicted molar refractivity (Wildman–Crippen MR) is 65.1 cm³/mol. The Morgan fingerprint density at radius 2 is 1.42 bits per heavy atom. The Balaban J connectivity index is 0.00000154. The average molecular weight is 454 g/mol. The average Bonchev–Trinajstić information content (AvgIpc) is 2.29. The van der Waals surface area contributed by atoms with Crippen LogP contribution in [0.1, 0.15) is 38.5 Å². The number of halogens is 7. The van der Waals surface area contributed by atoms with Crippen molar-refractivity contribution in [3.8, 4) is 0 Å². The normalized spacial score (nSPS) is 18.2. The maximum atomic E-state index is 12.2. The van der Waals surface area contributed by atoms with Crippen LogP contribution < -0.4 is 0 Å². The Labute approximate surface area is 129 Å². The molecule has 1 aliphatic carbocycles. The van der Waals surface area contributed by atoms with Crippen LogP contribution in [-0.4, -0.2) is 12.4 Å². The SMILES string of the molecule is FC(F)(F)C(CCC1CC[CH-]CC1)C(F)(F)F.[Zn+][I]. The molecule has 0 aliphatic heterocycles. The molecule has 0 heterocycles. The summed E-state index contributed by atoms with van der Waals surface area (Å²) in [5.74, 6) is -3.16. The van der Waals surface area contributed by atoms with Crippen LogP contribution in [0.2, 0.25) is 0 Å². The van der Waals surface area contributed by atoms with Crippen molar-refractivity contribution in [3.05, 3.63) is 6.42 Å². The second-order valence-corrected chi connectivity index (χ2v) is 4.52. The molecule has 0 nitrogen and oxygen atoms in total. The van der Waals surface area contributed by atoms with E-state index in [2.05, 4.69) is 19.8 Å². The number of alkyl halides is 6. The van der Waals surface area contributed by atoms with Gasteiger partial charge in [0.2, 0.25) is 0 Å². The standard InChI is InChI=1S/C11H15F6.HI.Zn/c12-10(13,14)9(11(15,16)17)7-6-8-4-2-1-3-5-8;;/h1,8-9H,2-7H2;1H;/q-1;;+2/p-1. The molecule has 0 saturated heterocycles. The molecule has 110 valence electrons. The van der Waals surface area contributed by atoms with Crippen LogP contribution in [0.4, 0.5) is 26.3 Å². The van der Waals surface area contributed by atoms with Gasteiger partial charge in [-0.1, -0.05) is 12.8 Å². The van der Waals surface area contributed by atoms with Gasteiger partial charge in [-0.3, -0.25) is 0 Å². The summed E-state index contributed by atoms with van der Waals surface area (Å²) in [6.45, 7) is 0. The zero-order valence-electron chi connectivity index (χ0n) is 10.3. The van der Waals surface area contributed by atoms with Gasteiger partial charge in [0, 0.05) is 0 Å². The fraction of sp³-hybridized carbons (Fsp3) is 0.909. The molecule has 1 saturated carbocycles. The van der Waals surface area contributed by atoms with E-state index >= 15 is 0 Å². The zero-order chi connectivity index (χ0) is 15.1. The molecule has 0 aromatic rings. The molecule has 0 atom stereocenters. The van der Waals surface area contributed by atoms with Gasteiger partial charge in [-0.25, -0.2) is 0 Å². The molecule has 0 aromatic heterocycles. The van der Waals surface area contributed by atoms with Crippen molar-refractivity contribution in [3.63, 3.8) is 0 Å². The second-order valence-electron chi connectivity index (χ2n) is 4.52. The van der Waals surface area contributed by atoms with Gasteiger partial charge in [-0.15, -0.1) is 0 Å². The van der Waals surface area contributed by atoms with E-state index in [4.69, 9.17) is 0 Å². The maximum absolute atomic E-state index is 12.2. The Hall–Kier alpha value is 0.933. The topological polar surface area (TPSA) is 0 Å². The summed E-state index contributed by atoms with van der Waals surface area (Å²) in [7, 11) is 0. The summed E-state index contributed by atoms with van der Waals surface area (Å²) in [6, 6.07) is 0. The van der Waals surface area contributed by atoms with E-state index in [-0.39, 0.29) is 12.3 Å². The van der Waals surface area contributed by atoms with Crippen molar-refractivity contribution >= 4 is 19.8 Å². The molecule has 8 heteroatoms. The monoisotopic (exact) mass is 452 g/mol. The number of rotatable bonds is 3. The van der Waals surface area contributed by atoms with Gasteiger partial charge >= 0.3 is 46.9 Å². The third kappa shape index (κ3) is 8.07. The summed E-state index contributed by atoms with van der Waals surface area (Å²) in [5.41, 5.74) is 0. The fourth-order valence-electron chi connectivity index (χ4n) is 2.20. The predicted octanol–water partition coefficient (Wildman–Crippen LogP) is 5.79. The Bertz CT molecular complexity index is 220. The van der Waals surface area contributed by atoms with E-state index in [1.165, 1.54) is 14.8 Å². The number of hydrogen-bond acceptors (Lipinski definition) is 0. The molecule has 0 amide bonds. The van der Waals surface area contributed by atoms with Gasteiger partial charge in [0.1, 0.15) is 0 Å². The zero-order valence-corrected chi connectivity index (χ0v) is 15.5. The molecular formula is C11H15F6IZn. The van der Waals surface area contributed by atoms with Crippen molar-refractivity contribution in [2.75, 3.05) is 0 Å². The van der Waals surface area contributed by atoms with E-state index < -0.39 is 24.7 Å². The van der Waals surface area contributed by atoms with Gasteiger partial charge in [-0.2, -0.15) is 39.2 Å². The summed E-state index contributed by atoms with van der Waals surface area (Å²) in [5, 5.41) is 0. The van der Waals surface area contributed by atoms with Crippen LogP contribution in [0.3, 0.4) is 0 Å². The van der Waals surface area contributed by atoms with Gasteiger partial charge in [0.15, 0.2) is 5.92 Å². The minimum absolute atomic E-state index is 0.00667. The second kappa shape index (κ2) is 9.05. The van der Waals surface area contributed by atoms with Crippen LogP contribution in [0.5, 0.6) is 0 Å². The summed E-state index contributed by atoms with van der Waals surface area (Å²) in [6.07, 6.45) is -6.14. The first-order valence-corrected chi connectivity index (χ1v) is 15.0. The first-order valence-electron chi connectivity index (χ1n) is 5.93. The van der Waals surface area contributed by atoms with E-state index in [1.807, 2.05) is 6.42 Å².